The molecule has 1 unspecified atom stereocenters. The Balaban J connectivity index is 2.52. The average molecular weight is 254 g/mol. The number of nitrogen functional groups attached to an aromatic ring is 1. The van der Waals surface area contributed by atoms with Gasteiger partial charge in [-0.2, -0.15) is 0 Å². The molecule has 6 nitrogen and oxygen atoms in total. The van der Waals surface area contributed by atoms with Gasteiger partial charge in [0, 0.05) is 25.5 Å². The van der Waals surface area contributed by atoms with E-state index in [1.165, 1.54) is 0 Å². The van der Waals surface area contributed by atoms with Crippen molar-refractivity contribution in [2.24, 2.45) is 5.84 Å². The first-order chi connectivity index (χ1) is 8.69. The number of aromatic nitrogens is 1. The van der Waals surface area contributed by atoms with Crippen LogP contribution >= 0.6 is 0 Å². The molecule has 102 valence electrons. The van der Waals surface area contributed by atoms with Crippen LogP contribution in [0.3, 0.4) is 0 Å². The van der Waals surface area contributed by atoms with Gasteiger partial charge >= 0.3 is 0 Å². The first-order valence-electron chi connectivity index (χ1n) is 5.94. The van der Waals surface area contributed by atoms with Gasteiger partial charge in [-0.25, -0.2) is 4.98 Å². The number of nitrogens with one attached hydrogen (secondary N) is 1. The summed E-state index contributed by atoms with van der Waals surface area (Å²) in [6.45, 7) is 3.73. The van der Waals surface area contributed by atoms with Crippen LogP contribution in [0.5, 0.6) is 0 Å². The molecule has 1 heterocycles. The van der Waals surface area contributed by atoms with Gasteiger partial charge in [-0.15, -0.1) is 0 Å². The second-order valence-electron chi connectivity index (χ2n) is 4.10. The third-order valence-electron chi connectivity index (χ3n) is 2.65. The molecule has 6 heteroatoms. The fraction of sp³-hybridized carbons (Fsp3) is 0.583. The van der Waals surface area contributed by atoms with E-state index in [-0.39, 0.29) is 6.04 Å². The molecule has 0 spiro atoms. The van der Waals surface area contributed by atoms with Gasteiger partial charge in [0.1, 0.15) is 5.82 Å². The highest BCUT2D eigenvalue weighted by Crippen LogP contribution is 2.21. The van der Waals surface area contributed by atoms with Gasteiger partial charge in [-0.05, 0) is 25.0 Å². The maximum atomic E-state index is 5.85. The van der Waals surface area contributed by atoms with E-state index in [0.29, 0.717) is 25.6 Å². The van der Waals surface area contributed by atoms with E-state index in [1.807, 2.05) is 13.0 Å². The van der Waals surface area contributed by atoms with E-state index in [9.17, 15) is 0 Å². The van der Waals surface area contributed by atoms with Gasteiger partial charge in [0.2, 0.25) is 0 Å². The van der Waals surface area contributed by atoms with Crippen LogP contribution in [0.1, 0.15) is 23.6 Å². The number of hydrogen-bond acceptors (Lipinski definition) is 6. The van der Waals surface area contributed by atoms with E-state index in [0.717, 1.165) is 17.5 Å². The number of ether oxygens (including phenoxy) is 2. The fourth-order valence-corrected chi connectivity index (χ4v) is 1.66. The number of aryl methyl sites for hydroxylation is 1. The van der Waals surface area contributed by atoms with Crippen molar-refractivity contribution in [3.8, 4) is 0 Å². The van der Waals surface area contributed by atoms with Crippen molar-refractivity contribution in [3.05, 3.63) is 23.4 Å². The molecular formula is C12H22N4O2. The van der Waals surface area contributed by atoms with Crippen LogP contribution in [0.4, 0.5) is 5.82 Å². The van der Waals surface area contributed by atoms with E-state index < -0.39 is 0 Å². The highest BCUT2D eigenvalue weighted by molar-refractivity contribution is 5.42. The summed E-state index contributed by atoms with van der Waals surface area (Å²) in [6.07, 6.45) is 2.47. The normalized spacial score (nSPS) is 12.6. The summed E-state index contributed by atoms with van der Waals surface area (Å²) in [4.78, 5) is 4.13. The molecule has 1 rings (SSSR count). The Morgan fingerprint density at radius 3 is 2.83 bits per heavy atom. The molecule has 0 amide bonds. The minimum absolute atomic E-state index is 0.0556. The molecule has 0 radical (unpaired) electrons. The number of nitrogens with zero attached hydrogens (tertiary/aromatic N) is 1. The summed E-state index contributed by atoms with van der Waals surface area (Å²) < 4.78 is 10.3. The smallest absolute Gasteiger partial charge is 0.128 e. The lowest BCUT2D eigenvalue weighted by atomic mass is 10.0. The minimum Gasteiger partial charge on any atom is -0.383 e. The Morgan fingerprint density at radius 2 is 2.17 bits per heavy atom. The molecule has 0 saturated heterocycles. The Kier molecular flexibility index (Phi) is 6.59. The van der Waals surface area contributed by atoms with Crippen molar-refractivity contribution >= 4 is 5.82 Å². The molecule has 5 N–H and O–H groups in total. The van der Waals surface area contributed by atoms with Gasteiger partial charge in [-0.1, -0.05) is 0 Å². The van der Waals surface area contributed by atoms with Crippen LogP contribution < -0.4 is 17.0 Å². The SMILES string of the molecule is COCCOCCC(NN)c1cc(C)cnc1N. The minimum atomic E-state index is -0.0556. The van der Waals surface area contributed by atoms with Crippen LogP contribution in [-0.4, -0.2) is 31.9 Å². The zero-order valence-electron chi connectivity index (χ0n) is 11.0. The lowest BCUT2D eigenvalue weighted by Crippen LogP contribution is -2.30. The van der Waals surface area contributed by atoms with Crippen LogP contribution in [0, 0.1) is 6.92 Å². The van der Waals surface area contributed by atoms with Gasteiger partial charge in [0.15, 0.2) is 0 Å². The van der Waals surface area contributed by atoms with E-state index in [4.69, 9.17) is 21.1 Å². The lowest BCUT2D eigenvalue weighted by molar-refractivity contribution is 0.0658. The van der Waals surface area contributed by atoms with Crippen molar-refractivity contribution in [1.29, 1.82) is 0 Å². The molecule has 0 aliphatic heterocycles. The third kappa shape index (κ3) is 4.58. The molecule has 0 aromatic carbocycles. The first-order valence-corrected chi connectivity index (χ1v) is 5.94. The molecule has 1 aromatic rings. The summed E-state index contributed by atoms with van der Waals surface area (Å²) in [7, 11) is 1.65. The number of hydrazine groups is 1. The molecule has 0 fully saturated rings. The number of rotatable bonds is 8. The van der Waals surface area contributed by atoms with Gasteiger partial charge in [-0.3, -0.25) is 11.3 Å². The van der Waals surface area contributed by atoms with E-state index >= 15 is 0 Å². The predicted octanol–water partition coefficient (Wildman–Crippen LogP) is 0.530. The molecule has 0 aliphatic rings. The van der Waals surface area contributed by atoms with Crippen molar-refractivity contribution < 1.29 is 9.47 Å². The Labute approximate surface area is 108 Å². The third-order valence-corrected chi connectivity index (χ3v) is 2.65. The summed E-state index contributed by atoms with van der Waals surface area (Å²) >= 11 is 0. The van der Waals surface area contributed by atoms with Crippen molar-refractivity contribution in [2.75, 3.05) is 32.7 Å². The fourth-order valence-electron chi connectivity index (χ4n) is 1.66. The number of pyridine rings is 1. The second kappa shape index (κ2) is 7.99. The predicted molar refractivity (Wildman–Crippen MR) is 70.8 cm³/mol. The van der Waals surface area contributed by atoms with Crippen LogP contribution in [0.2, 0.25) is 0 Å². The van der Waals surface area contributed by atoms with E-state index in [1.54, 1.807) is 13.3 Å². The van der Waals surface area contributed by atoms with Crippen LogP contribution in [0.15, 0.2) is 12.3 Å². The molecule has 0 saturated carbocycles. The summed E-state index contributed by atoms with van der Waals surface area (Å²) in [5, 5.41) is 0. The second-order valence-corrected chi connectivity index (χ2v) is 4.10. The zero-order valence-corrected chi connectivity index (χ0v) is 11.0. The molecular weight excluding hydrogens is 232 g/mol. The number of anilines is 1. The quantitative estimate of drug-likeness (QED) is 0.356. The van der Waals surface area contributed by atoms with Gasteiger partial charge < -0.3 is 15.2 Å². The largest absolute Gasteiger partial charge is 0.383 e. The molecule has 0 bridgehead atoms. The molecule has 1 aromatic heterocycles. The maximum absolute atomic E-state index is 5.85. The molecule has 1 atom stereocenters. The number of methoxy groups -OCH3 is 1. The lowest BCUT2D eigenvalue weighted by Gasteiger charge is -2.18. The number of nitrogens with two attached hydrogens (primary N) is 2. The van der Waals surface area contributed by atoms with Gasteiger partial charge in [0.25, 0.3) is 0 Å². The van der Waals surface area contributed by atoms with Crippen molar-refractivity contribution in [2.45, 2.75) is 19.4 Å². The van der Waals surface area contributed by atoms with E-state index in [2.05, 4.69) is 10.4 Å². The maximum Gasteiger partial charge on any atom is 0.128 e. The monoisotopic (exact) mass is 254 g/mol. The summed E-state index contributed by atoms with van der Waals surface area (Å²) in [6, 6.07) is 1.93. The Bertz CT molecular complexity index is 360. The average Bonchev–Trinajstić information content (AvgIpc) is 2.37. The van der Waals surface area contributed by atoms with Crippen LogP contribution in [0.25, 0.3) is 0 Å². The number of hydrogen-bond donors (Lipinski definition) is 3. The topological polar surface area (TPSA) is 95.4 Å². The molecule has 0 aliphatic carbocycles. The summed E-state index contributed by atoms with van der Waals surface area (Å²) in [5.41, 5.74) is 10.6. The highest BCUT2D eigenvalue weighted by Gasteiger charge is 2.13. The Morgan fingerprint density at radius 1 is 1.39 bits per heavy atom. The van der Waals surface area contributed by atoms with Crippen LogP contribution in [-0.2, 0) is 9.47 Å². The van der Waals surface area contributed by atoms with Crippen molar-refractivity contribution in [1.82, 2.24) is 10.4 Å². The Hall–Kier alpha value is -1.21. The molecule has 18 heavy (non-hydrogen) atoms. The zero-order chi connectivity index (χ0) is 13.4. The van der Waals surface area contributed by atoms with Gasteiger partial charge in [0.05, 0.1) is 19.3 Å². The van der Waals surface area contributed by atoms with Crippen molar-refractivity contribution in [3.63, 3.8) is 0 Å². The standard InChI is InChI=1S/C12H22N4O2/c1-9-7-10(12(13)15-8-9)11(16-14)3-4-18-6-5-17-2/h7-8,11,16H,3-6,14H2,1-2H3,(H2,13,15). The first kappa shape index (κ1) is 14.8. The summed E-state index contributed by atoms with van der Waals surface area (Å²) in [5.74, 6) is 6.05. The highest BCUT2D eigenvalue weighted by atomic mass is 16.5.